The Morgan fingerprint density at radius 1 is 1.20 bits per heavy atom. The summed E-state index contributed by atoms with van der Waals surface area (Å²) in [5.41, 5.74) is 9.58. The second kappa shape index (κ2) is 5.05. The van der Waals surface area contributed by atoms with Crippen LogP contribution in [0.3, 0.4) is 0 Å². The molecule has 100 valence electrons. The minimum Gasteiger partial charge on any atom is -0.454 e. The maximum absolute atomic E-state index is 5.96. The van der Waals surface area contributed by atoms with Crippen molar-refractivity contribution in [1.29, 1.82) is 0 Å². The van der Waals surface area contributed by atoms with E-state index in [2.05, 4.69) is 15.2 Å². The topological polar surface area (TPSA) is 76.8 Å². The second-order valence-electron chi connectivity index (χ2n) is 4.45. The van der Waals surface area contributed by atoms with Crippen LogP contribution in [-0.2, 0) is 0 Å². The summed E-state index contributed by atoms with van der Waals surface area (Å²) >= 11 is 0. The zero-order valence-corrected chi connectivity index (χ0v) is 11.0. The minimum absolute atomic E-state index is 0.582. The molecule has 3 aromatic rings. The summed E-state index contributed by atoms with van der Waals surface area (Å²) < 4.78 is 5.77. The Morgan fingerprint density at radius 2 is 2.10 bits per heavy atom. The fraction of sp³-hybridized carbons (Fsp3) is 0.0667. The lowest BCUT2D eigenvalue weighted by atomic mass is 10.1. The van der Waals surface area contributed by atoms with E-state index < -0.39 is 0 Å². The van der Waals surface area contributed by atoms with E-state index in [9.17, 15) is 0 Å². The second-order valence-corrected chi connectivity index (χ2v) is 4.45. The van der Waals surface area contributed by atoms with Gasteiger partial charge in [-0.15, -0.1) is 0 Å². The van der Waals surface area contributed by atoms with Crippen molar-refractivity contribution in [3.63, 3.8) is 0 Å². The molecular formula is C15H14N4O. The van der Waals surface area contributed by atoms with Crippen LogP contribution in [0.5, 0.6) is 11.5 Å². The number of benzene rings is 1. The van der Waals surface area contributed by atoms with E-state index in [1.54, 1.807) is 18.6 Å². The molecule has 0 aliphatic carbocycles. The van der Waals surface area contributed by atoms with E-state index in [0.29, 0.717) is 17.2 Å². The van der Waals surface area contributed by atoms with E-state index in [4.69, 9.17) is 10.5 Å². The number of hydrogen-bond donors (Lipinski definition) is 2. The molecule has 0 bridgehead atoms. The summed E-state index contributed by atoms with van der Waals surface area (Å²) in [4.78, 5) is 4.02. The average Bonchev–Trinajstić information content (AvgIpc) is 2.89. The number of nitrogens with two attached hydrogens (primary N) is 1. The maximum Gasteiger partial charge on any atom is 0.151 e. The molecule has 0 amide bonds. The standard InChI is InChI=1S/C15H14N4O/c1-10-13(9-18-19-10)11-4-5-14(16)15(7-11)20-12-3-2-6-17-8-12/h2-9H,16H2,1H3,(H,18,19). The first-order valence-electron chi connectivity index (χ1n) is 6.22. The van der Waals surface area contributed by atoms with Gasteiger partial charge in [0.2, 0.25) is 0 Å². The van der Waals surface area contributed by atoms with E-state index in [0.717, 1.165) is 16.8 Å². The van der Waals surface area contributed by atoms with Gasteiger partial charge in [0, 0.05) is 17.5 Å². The minimum atomic E-state index is 0.582. The summed E-state index contributed by atoms with van der Waals surface area (Å²) in [6, 6.07) is 9.33. The van der Waals surface area contributed by atoms with Gasteiger partial charge < -0.3 is 10.5 Å². The predicted molar refractivity (Wildman–Crippen MR) is 77.5 cm³/mol. The number of aromatic amines is 1. The van der Waals surface area contributed by atoms with Crippen molar-refractivity contribution < 1.29 is 4.74 Å². The lowest BCUT2D eigenvalue weighted by Crippen LogP contribution is -1.93. The highest BCUT2D eigenvalue weighted by Crippen LogP contribution is 2.32. The number of ether oxygens (including phenoxy) is 1. The highest BCUT2D eigenvalue weighted by atomic mass is 16.5. The number of pyridine rings is 1. The number of aromatic nitrogens is 3. The molecule has 0 aliphatic rings. The third-order valence-corrected chi connectivity index (χ3v) is 3.02. The molecule has 2 aromatic heterocycles. The first-order chi connectivity index (χ1) is 9.74. The first-order valence-corrected chi connectivity index (χ1v) is 6.22. The number of nitrogens with zero attached hydrogens (tertiary/aromatic N) is 2. The van der Waals surface area contributed by atoms with Crippen LogP contribution in [-0.4, -0.2) is 15.2 Å². The van der Waals surface area contributed by atoms with Crippen molar-refractivity contribution in [3.8, 4) is 22.6 Å². The van der Waals surface area contributed by atoms with Crippen molar-refractivity contribution in [1.82, 2.24) is 15.2 Å². The molecule has 2 heterocycles. The Balaban J connectivity index is 1.97. The lowest BCUT2D eigenvalue weighted by Gasteiger charge is -2.10. The third kappa shape index (κ3) is 2.33. The molecule has 3 rings (SSSR count). The fourth-order valence-corrected chi connectivity index (χ4v) is 1.97. The van der Waals surface area contributed by atoms with Gasteiger partial charge in [-0.2, -0.15) is 5.10 Å². The van der Waals surface area contributed by atoms with Gasteiger partial charge in [-0.25, -0.2) is 0 Å². The zero-order valence-electron chi connectivity index (χ0n) is 11.0. The van der Waals surface area contributed by atoms with Gasteiger partial charge in [0.1, 0.15) is 5.75 Å². The molecule has 0 unspecified atom stereocenters. The van der Waals surface area contributed by atoms with Gasteiger partial charge in [0.15, 0.2) is 5.75 Å². The van der Waals surface area contributed by atoms with Crippen molar-refractivity contribution in [3.05, 3.63) is 54.6 Å². The van der Waals surface area contributed by atoms with Crippen LogP contribution >= 0.6 is 0 Å². The molecule has 0 saturated carbocycles. The molecule has 5 nitrogen and oxygen atoms in total. The Bertz CT molecular complexity index is 722. The number of nitrogen functional groups attached to an aromatic ring is 1. The summed E-state index contributed by atoms with van der Waals surface area (Å²) in [5.74, 6) is 1.26. The zero-order chi connectivity index (χ0) is 13.9. The van der Waals surface area contributed by atoms with Crippen LogP contribution in [0.1, 0.15) is 5.69 Å². The Hall–Kier alpha value is -2.82. The van der Waals surface area contributed by atoms with Gasteiger partial charge in [-0.3, -0.25) is 10.1 Å². The molecule has 0 radical (unpaired) electrons. The van der Waals surface area contributed by atoms with Gasteiger partial charge in [-0.1, -0.05) is 6.07 Å². The normalized spacial score (nSPS) is 10.4. The molecule has 5 heteroatoms. The number of rotatable bonds is 3. The van der Waals surface area contributed by atoms with E-state index >= 15 is 0 Å². The third-order valence-electron chi connectivity index (χ3n) is 3.02. The van der Waals surface area contributed by atoms with Crippen LogP contribution in [0.25, 0.3) is 11.1 Å². The Kier molecular flexibility index (Phi) is 3.09. The van der Waals surface area contributed by atoms with Crippen molar-refractivity contribution in [2.45, 2.75) is 6.92 Å². The summed E-state index contributed by atoms with van der Waals surface area (Å²) in [5, 5.41) is 6.95. The molecular weight excluding hydrogens is 252 g/mol. The quantitative estimate of drug-likeness (QED) is 0.714. The number of H-pyrrole nitrogens is 1. The number of hydrogen-bond acceptors (Lipinski definition) is 4. The molecule has 20 heavy (non-hydrogen) atoms. The number of anilines is 1. The van der Waals surface area contributed by atoms with Crippen LogP contribution < -0.4 is 10.5 Å². The molecule has 0 atom stereocenters. The smallest absolute Gasteiger partial charge is 0.151 e. The van der Waals surface area contributed by atoms with Crippen molar-refractivity contribution >= 4 is 5.69 Å². The number of nitrogens with one attached hydrogen (secondary N) is 1. The highest BCUT2D eigenvalue weighted by Gasteiger charge is 2.08. The SMILES string of the molecule is Cc1[nH]ncc1-c1ccc(N)c(Oc2cccnc2)c1. The Labute approximate surface area is 116 Å². The fourth-order valence-electron chi connectivity index (χ4n) is 1.97. The molecule has 0 fully saturated rings. The van der Waals surface area contributed by atoms with E-state index in [1.807, 2.05) is 37.3 Å². The molecule has 0 aliphatic heterocycles. The first kappa shape index (κ1) is 12.2. The lowest BCUT2D eigenvalue weighted by molar-refractivity contribution is 0.483. The van der Waals surface area contributed by atoms with Crippen molar-refractivity contribution in [2.24, 2.45) is 0 Å². The van der Waals surface area contributed by atoms with Gasteiger partial charge in [-0.05, 0) is 36.8 Å². The monoisotopic (exact) mass is 266 g/mol. The molecule has 3 N–H and O–H groups in total. The van der Waals surface area contributed by atoms with E-state index in [-0.39, 0.29) is 0 Å². The Morgan fingerprint density at radius 3 is 2.80 bits per heavy atom. The average molecular weight is 266 g/mol. The van der Waals surface area contributed by atoms with Crippen LogP contribution in [0.2, 0.25) is 0 Å². The van der Waals surface area contributed by atoms with E-state index in [1.165, 1.54) is 0 Å². The van der Waals surface area contributed by atoms with Crippen LogP contribution in [0.15, 0.2) is 48.9 Å². The summed E-state index contributed by atoms with van der Waals surface area (Å²) in [7, 11) is 0. The van der Waals surface area contributed by atoms with Crippen LogP contribution in [0.4, 0.5) is 5.69 Å². The molecule has 0 saturated heterocycles. The highest BCUT2D eigenvalue weighted by molar-refractivity contribution is 5.71. The van der Waals surface area contributed by atoms with Gasteiger partial charge in [0.05, 0.1) is 18.1 Å². The van der Waals surface area contributed by atoms with Crippen molar-refractivity contribution in [2.75, 3.05) is 5.73 Å². The largest absolute Gasteiger partial charge is 0.454 e. The molecule has 1 aromatic carbocycles. The van der Waals surface area contributed by atoms with Crippen LogP contribution in [0, 0.1) is 6.92 Å². The van der Waals surface area contributed by atoms with Gasteiger partial charge in [0.25, 0.3) is 0 Å². The predicted octanol–water partition coefficient (Wildman–Crippen LogP) is 3.15. The van der Waals surface area contributed by atoms with Gasteiger partial charge >= 0.3 is 0 Å². The molecule has 0 spiro atoms. The summed E-state index contributed by atoms with van der Waals surface area (Å²) in [6.07, 6.45) is 5.13. The summed E-state index contributed by atoms with van der Waals surface area (Å²) in [6.45, 7) is 1.97. The maximum atomic E-state index is 5.96. The number of aryl methyl sites for hydroxylation is 1.